The molecule has 32 heavy (non-hydrogen) atoms. The summed E-state index contributed by atoms with van der Waals surface area (Å²) >= 11 is 0. The summed E-state index contributed by atoms with van der Waals surface area (Å²) in [5.41, 5.74) is 1.20. The van der Waals surface area contributed by atoms with Gasteiger partial charge in [-0.05, 0) is 49.1 Å². The summed E-state index contributed by atoms with van der Waals surface area (Å²) in [4.78, 5) is 31.7. The minimum atomic E-state index is 0.109. The van der Waals surface area contributed by atoms with E-state index in [9.17, 15) is 9.59 Å². The zero-order valence-electron chi connectivity index (χ0n) is 19.4. The third-order valence-corrected chi connectivity index (χ3v) is 6.70. The molecule has 2 heterocycles. The van der Waals surface area contributed by atoms with Gasteiger partial charge in [0, 0.05) is 57.8 Å². The van der Waals surface area contributed by atoms with Crippen molar-refractivity contribution >= 4 is 22.6 Å². The predicted octanol–water partition coefficient (Wildman–Crippen LogP) is 2.86. The molecule has 0 aliphatic carbocycles. The molecular formula is C26H36N4O2. The molecule has 2 aliphatic heterocycles. The van der Waals surface area contributed by atoms with Crippen molar-refractivity contribution in [1.29, 1.82) is 0 Å². The van der Waals surface area contributed by atoms with E-state index in [1.165, 1.54) is 16.3 Å². The lowest BCUT2D eigenvalue weighted by Gasteiger charge is -2.38. The highest BCUT2D eigenvalue weighted by Gasteiger charge is 2.29. The van der Waals surface area contributed by atoms with Gasteiger partial charge in [-0.15, -0.1) is 0 Å². The number of nitrogens with one attached hydrogen (secondary N) is 1. The molecule has 0 spiro atoms. The van der Waals surface area contributed by atoms with Gasteiger partial charge < -0.3 is 10.2 Å². The predicted molar refractivity (Wildman–Crippen MR) is 128 cm³/mol. The zero-order chi connectivity index (χ0) is 22.5. The van der Waals surface area contributed by atoms with Gasteiger partial charge in [0.2, 0.25) is 11.8 Å². The van der Waals surface area contributed by atoms with Crippen molar-refractivity contribution in [2.24, 2.45) is 0 Å². The highest BCUT2D eigenvalue weighted by atomic mass is 16.2. The Morgan fingerprint density at radius 2 is 1.75 bits per heavy atom. The third kappa shape index (κ3) is 5.87. The summed E-state index contributed by atoms with van der Waals surface area (Å²) < 4.78 is 0. The first-order valence-electron chi connectivity index (χ1n) is 12.0. The average molecular weight is 437 g/mol. The van der Waals surface area contributed by atoms with Gasteiger partial charge in [0.25, 0.3) is 0 Å². The van der Waals surface area contributed by atoms with Crippen molar-refractivity contribution < 1.29 is 9.59 Å². The molecule has 2 aliphatic rings. The molecule has 0 aromatic heterocycles. The second-order valence-electron chi connectivity index (χ2n) is 9.51. The van der Waals surface area contributed by atoms with E-state index in [1.54, 1.807) is 0 Å². The first kappa shape index (κ1) is 22.7. The molecule has 0 bridgehead atoms. The normalized spacial score (nSPS) is 21.2. The SMILES string of the molecule is CC(C)NC(=O)CN1CCN(C2CCC(=O)N(Cc3ccc4ccccc4c3)CC2)CC1. The van der Waals surface area contributed by atoms with Gasteiger partial charge in [0.05, 0.1) is 6.54 Å². The van der Waals surface area contributed by atoms with Crippen LogP contribution in [0.25, 0.3) is 10.8 Å². The molecule has 2 saturated heterocycles. The molecule has 2 aromatic rings. The molecule has 2 fully saturated rings. The van der Waals surface area contributed by atoms with E-state index >= 15 is 0 Å². The van der Waals surface area contributed by atoms with E-state index in [1.807, 2.05) is 18.7 Å². The zero-order valence-corrected chi connectivity index (χ0v) is 19.4. The molecule has 6 heteroatoms. The molecule has 4 rings (SSSR count). The van der Waals surface area contributed by atoms with E-state index in [0.717, 1.165) is 45.6 Å². The van der Waals surface area contributed by atoms with Crippen LogP contribution in [-0.2, 0) is 16.1 Å². The lowest BCUT2D eigenvalue weighted by molar-refractivity contribution is -0.131. The highest BCUT2D eigenvalue weighted by molar-refractivity contribution is 5.83. The van der Waals surface area contributed by atoms with Crippen LogP contribution >= 0.6 is 0 Å². The maximum Gasteiger partial charge on any atom is 0.234 e. The number of carbonyl (C=O) groups excluding carboxylic acids is 2. The molecule has 1 atom stereocenters. The molecule has 6 nitrogen and oxygen atoms in total. The van der Waals surface area contributed by atoms with Crippen LogP contribution in [0.3, 0.4) is 0 Å². The van der Waals surface area contributed by atoms with Crippen LogP contribution in [0.15, 0.2) is 42.5 Å². The quantitative estimate of drug-likeness (QED) is 0.757. The number of amides is 2. The van der Waals surface area contributed by atoms with E-state index in [0.29, 0.717) is 25.6 Å². The van der Waals surface area contributed by atoms with Crippen LogP contribution in [-0.4, -0.2) is 77.9 Å². The summed E-state index contributed by atoms with van der Waals surface area (Å²) in [5.74, 6) is 0.377. The average Bonchev–Trinajstić information content (AvgIpc) is 2.95. The fourth-order valence-electron chi connectivity index (χ4n) is 4.97. The van der Waals surface area contributed by atoms with E-state index < -0.39 is 0 Å². The van der Waals surface area contributed by atoms with Gasteiger partial charge in [-0.2, -0.15) is 0 Å². The number of hydrogen-bond donors (Lipinski definition) is 1. The Kier molecular flexibility index (Phi) is 7.43. The van der Waals surface area contributed by atoms with Gasteiger partial charge in [0.1, 0.15) is 0 Å². The number of carbonyl (C=O) groups is 2. The van der Waals surface area contributed by atoms with E-state index in [2.05, 4.69) is 57.6 Å². The first-order chi connectivity index (χ1) is 15.5. The Morgan fingerprint density at radius 1 is 1.00 bits per heavy atom. The maximum absolute atomic E-state index is 12.8. The largest absolute Gasteiger partial charge is 0.353 e. The number of benzene rings is 2. The molecule has 0 saturated carbocycles. The van der Waals surface area contributed by atoms with E-state index in [-0.39, 0.29) is 17.9 Å². The standard InChI is InChI=1S/C26H36N4O2/c1-20(2)27-25(31)19-28-13-15-29(16-14-28)24-9-10-26(32)30(12-11-24)18-21-7-8-22-5-3-4-6-23(22)17-21/h3-8,17,20,24H,9-16,18-19H2,1-2H3,(H,27,31). The molecule has 2 aromatic carbocycles. The van der Waals surface area contributed by atoms with Crippen molar-refractivity contribution in [3.63, 3.8) is 0 Å². The van der Waals surface area contributed by atoms with E-state index in [4.69, 9.17) is 0 Å². The minimum Gasteiger partial charge on any atom is -0.353 e. The molecule has 0 radical (unpaired) electrons. The summed E-state index contributed by atoms with van der Waals surface area (Å²) in [6, 6.07) is 15.5. The lowest BCUT2D eigenvalue weighted by atomic mass is 10.1. The summed E-state index contributed by atoms with van der Waals surface area (Å²) in [5, 5.41) is 5.44. The Hall–Kier alpha value is -2.44. The van der Waals surface area contributed by atoms with Gasteiger partial charge in [-0.25, -0.2) is 0 Å². The van der Waals surface area contributed by atoms with Crippen molar-refractivity contribution in [3.05, 3.63) is 48.0 Å². The second-order valence-corrected chi connectivity index (χ2v) is 9.51. The molecule has 1 N–H and O–H groups in total. The Labute approximate surface area is 191 Å². The highest BCUT2D eigenvalue weighted by Crippen LogP contribution is 2.22. The van der Waals surface area contributed by atoms with Crippen LogP contribution < -0.4 is 5.32 Å². The number of nitrogens with zero attached hydrogens (tertiary/aromatic N) is 3. The first-order valence-corrected chi connectivity index (χ1v) is 12.0. The van der Waals surface area contributed by atoms with Gasteiger partial charge in [-0.3, -0.25) is 19.4 Å². The topological polar surface area (TPSA) is 55.9 Å². The number of hydrogen-bond acceptors (Lipinski definition) is 4. The van der Waals surface area contributed by atoms with Crippen LogP contribution in [0.4, 0.5) is 0 Å². The van der Waals surface area contributed by atoms with Crippen LogP contribution in [0, 0.1) is 0 Å². The number of piperazine rings is 1. The summed E-state index contributed by atoms with van der Waals surface area (Å²) in [7, 11) is 0. The van der Waals surface area contributed by atoms with Crippen molar-refractivity contribution in [2.75, 3.05) is 39.3 Å². The van der Waals surface area contributed by atoms with Crippen molar-refractivity contribution in [1.82, 2.24) is 20.0 Å². The monoisotopic (exact) mass is 436 g/mol. The minimum absolute atomic E-state index is 0.109. The number of fused-ring (bicyclic) bond motifs is 1. The maximum atomic E-state index is 12.8. The number of rotatable bonds is 6. The van der Waals surface area contributed by atoms with Crippen LogP contribution in [0.5, 0.6) is 0 Å². The van der Waals surface area contributed by atoms with Crippen molar-refractivity contribution in [2.45, 2.75) is 51.7 Å². The lowest BCUT2D eigenvalue weighted by Crippen LogP contribution is -2.52. The van der Waals surface area contributed by atoms with Gasteiger partial charge in [0.15, 0.2) is 0 Å². The van der Waals surface area contributed by atoms with Gasteiger partial charge in [-0.1, -0.05) is 36.4 Å². The summed E-state index contributed by atoms with van der Waals surface area (Å²) in [6.45, 7) is 9.74. The summed E-state index contributed by atoms with van der Waals surface area (Å²) in [6.07, 6.45) is 2.57. The van der Waals surface area contributed by atoms with Crippen LogP contribution in [0.2, 0.25) is 0 Å². The smallest absolute Gasteiger partial charge is 0.234 e. The molecular weight excluding hydrogens is 400 g/mol. The fourth-order valence-corrected chi connectivity index (χ4v) is 4.97. The third-order valence-electron chi connectivity index (χ3n) is 6.70. The Bertz CT molecular complexity index is 936. The Balaban J connectivity index is 1.28. The molecule has 1 unspecified atom stereocenters. The van der Waals surface area contributed by atoms with Crippen molar-refractivity contribution in [3.8, 4) is 0 Å². The second kappa shape index (κ2) is 10.5. The van der Waals surface area contributed by atoms with Gasteiger partial charge >= 0.3 is 0 Å². The fraction of sp³-hybridized carbons (Fsp3) is 0.538. The number of likely N-dealkylation sites (tertiary alicyclic amines) is 1. The van der Waals surface area contributed by atoms with Crippen LogP contribution in [0.1, 0.15) is 38.7 Å². The molecule has 2 amide bonds. The Morgan fingerprint density at radius 3 is 2.50 bits per heavy atom. The molecule has 172 valence electrons.